The molecule has 0 rings (SSSR count). The van der Waals surface area contributed by atoms with Crippen LogP contribution < -0.4 is 0 Å². The molecule has 0 saturated heterocycles. The highest BCUT2D eigenvalue weighted by molar-refractivity contribution is 5.11. The Hall–Kier alpha value is -0.590. The van der Waals surface area contributed by atoms with Gasteiger partial charge >= 0.3 is 0 Å². The molecule has 0 spiro atoms. The van der Waals surface area contributed by atoms with Gasteiger partial charge in [0.25, 0.3) is 0 Å². The minimum Gasteiger partial charge on any atom is -0.212 e. The van der Waals surface area contributed by atoms with E-state index in [9.17, 15) is 4.39 Å². The molecule has 1 heteroatoms. The molecule has 0 N–H and O–H groups in total. The van der Waals surface area contributed by atoms with Gasteiger partial charge in [0.1, 0.15) is 0 Å². The van der Waals surface area contributed by atoms with Gasteiger partial charge in [0, 0.05) is 0 Å². The summed E-state index contributed by atoms with van der Waals surface area (Å²) >= 11 is 0. The molecule has 0 heterocycles. The zero-order chi connectivity index (χ0) is 8.69. The lowest BCUT2D eigenvalue weighted by atomic mass is 10.1. The summed E-state index contributed by atoms with van der Waals surface area (Å²) in [5.41, 5.74) is 1.25. The zero-order valence-electron chi connectivity index (χ0n) is 7.65. The van der Waals surface area contributed by atoms with Crippen LogP contribution in [0.25, 0.3) is 0 Å². The van der Waals surface area contributed by atoms with Gasteiger partial charge < -0.3 is 0 Å². The molecule has 0 aliphatic carbocycles. The zero-order valence-corrected chi connectivity index (χ0v) is 7.65. The number of hydrogen-bond donors (Lipinski definition) is 0. The van der Waals surface area contributed by atoms with E-state index in [1.807, 2.05) is 13.0 Å². The maximum absolute atomic E-state index is 12.2. The molecule has 0 aromatic heterocycles. The van der Waals surface area contributed by atoms with Crippen LogP contribution in [0.3, 0.4) is 0 Å². The highest BCUT2D eigenvalue weighted by Gasteiger charge is 1.86. The van der Waals surface area contributed by atoms with Gasteiger partial charge in [-0.1, -0.05) is 25.0 Å². The highest BCUT2D eigenvalue weighted by atomic mass is 19.1. The fourth-order valence-corrected chi connectivity index (χ4v) is 0.796. The topological polar surface area (TPSA) is 0 Å². The third-order valence-electron chi connectivity index (χ3n) is 1.52. The van der Waals surface area contributed by atoms with Crippen LogP contribution in [-0.2, 0) is 0 Å². The summed E-state index contributed by atoms with van der Waals surface area (Å²) in [6.07, 6.45) is 6.85. The van der Waals surface area contributed by atoms with Crippen LogP contribution in [0, 0.1) is 0 Å². The van der Waals surface area contributed by atoms with Crippen LogP contribution >= 0.6 is 0 Å². The Kier molecular flexibility index (Phi) is 5.81. The van der Waals surface area contributed by atoms with Gasteiger partial charge in [0.05, 0.1) is 5.83 Å². The van der Waals surface area contributed by atoms with Gasteiger partial charge in [0.15, 0.2) is 0 Å². The predicted molar refractivity (Wildman–Crippen MR) is 48.1 cm³/mol. The summed E-state index contributed by atoms with van der Waals surface area (Å²) in [5.74, 6) is -0.124. The second kappa shape index (κ2) is 6.14. The van der Waals surface area contributed by atoms with Gasteiger partial charge in [-0.3, -0.25) is 0 Å². The molecule has 0 aromatic carbocycles. The molecule has 0 aromatic rings. The molecule has 0 aliphatic rings. The van der Waals surface area contributed by atoms with E-state index in [4.69, 9.17) is 0 Å². The average Bonchev–Trinajstić information content (AvgIpc) is 1.97. The number of allylic oxidation sites excluding steroid dienone is 4. The molecule has 0 bridgehead atoms. The standard InChI is InChI=1S/C10H17F/c1-4-5-6-9(2)7-8-10(3)11/h7-8H,4-6H2,1-3H3/b9-7+,10-8+. The third kappa shape index (κ3) is 7.31. The van der Waals surface area contributed by atoms with Crippen LogP contribution in [-0.4, -0.2) is 0 Å². The van der Waals surface area contributed by atoms with Crippen molar-refractivity contribution in [2.24, 2.45) is 0 Å². The van der Waals surface area contributed by atoms with Gasteiger partial charge in [-0.2, -0.15) is 0 Å². The Morgan fingerprint density at radius 1 is 1.27 bits per heavy atom. The van der Waals surface area contributed by atoms with Crippen molar-refractivity contribution in [3.63, 3.8) is 0 Å². The molecular formula is C10H17F. The van der Waals surface area contributed by atoms with E-state index < -0.39 is 0 Å². The molecule has 0 saturated carbocycles. The molecule has 0 unspecified atom stereocenters. The highest BCUT2D eigenvalue weighted by Crippen LogP contribution is 2.06. The van der Waals surface area contributed by atoms with Crippen molar-refractivity contribution in [3.8, 4) is 0 Å². The van der Waals surface area contributed by atoms with Gasteiger partial charge in [0.2, 0.25) is 0 Å². The Morgan fingerprint density at radius 2 is 1.91 bits per heavy atom. The first-order valence-corrected chi connectivity index (χ1v) is 4.16. The minimum atomic E-state index is -0.124. The van der Waals surface area contributed by atoms with Crippen molar-refractivity contribution in [2.75, 3.05) is 0 Å². The first-order chi connectivity index (χ1) is 5.16. The normalized spacial score (nSPS) is 13.8. The van der Waals surface area contributed by atoms with E-state index in [2.05, 4.69) is 6.92 Å². The van der Waals surface area contributed by atoms with E-state index >= 15 is 0 Å². The summed E-state index contributed by atoms with van der Waals surface area (Å²) in [6, 6.07) is 0. The Labute approximate surface area is 68.8 Å². The van der Waals surface area contributed by atoms with Crippen LogP contribution in [0.1, 0.15) is 40.0 Å². The number of halogens is 1. The second-order valence-electron chi connectivity index (χ2n) is 2.87. The maximum Gasteiger partial charge on any atom is 0.0968 e. The molecule has 0 aliphatic heterocycles. The third-order valence-corrected chi connectivity index (χ3v) is 1.52. The maximum atomic E-state index is 12.2. The summed E-state index contributed by atoms with van der Waals surface area (Å²) in [6.45, 7) is 5.65. The Morgan fingerprint density at radius 3 is 2.36 bits per heavy atom. The van der Waals surface area contributed by atoms with Crippen molar-refractivity contribution >= 4 is 0 Å². The molecular weight excluding hydrogens is 139 g/mol. The van der Waals surface area contributed by atoms with Crippen LogP contribution in [0.5, 0.6) is 0 Å². The minimum absolute atomic E-state index is 0.124. The van der Waals surface area contributed by atoms with Crippen LogP contribution in [0.4, 0.5) is 4.39 Å². The molecule has 0 fully saturated rings. The molecule has 11 heavy (non-hydrogen) atoms. The number of hydrogen-bond acceptors (Lipinski definition) is 0. The predicted octanol–water partition coefficient (Wildman–Crippen LogP) is 4.00. The average molecular weight is 156 g/mol. The largest absolute Gasteiger partial charge is 0.212 e. The van der Waals surface area contributed by atoms with Crippen molar-refractivity contribution < 1.29 is 4.39 Å². The SMILES string of the molecule is CCCC/C(C)=C/C=C(\C)F. The lowest BCUT2D eigenvalue weighted by molar-refractivity contribution is 0.640. The van der Waals surface area contributed by atoms with E-state index in [-0.39, 0.29) is 5.83 Å². The fraction of sp³-hybridized carbons (Fsp3) is 0.600. The Balaban J connectivity index is 3.72. The van der Waals surface area contributed by atoms with Crippen LogP contribution in [0.15, 0.2) is 23.6 Å². The summed E-state index contributed by atoms with van der Waals surface area (Å²) in [4.78, 5) is 0. The monoisotopic (exact) mass is 156 g/mol. The molecule has 0 amide bonds. The van der Waals surface area contributed by atoms with Crippen molar-refractivity contribution in [2.45, 2.75) is 40.0 Å². The smallest absolute Gasteiger partial charge is 0.0968 e. The van der Waals surface area contributed by atoms with Gasteiger partial charge in [-0.25, -0.2) is 4.39 Å². The van der Waals surface area contributed by atoms with E-state index in [1.54, 1.807) is 0 Å². The van der Waals surface area contributed by atoms with Gasteiger partial charge in [-0.05, 0) is 32.8 Å². The first kappa shape index (κ1) is 10.4. The van der Waals surface area contributed by atoms with Crippen LogP contribution in [0.2, 0.25) is 0 Å². The van der Waals surface area contributed by atoms with E-state index in [1.165, 1.54) is 31.4 Å². The molecule has 0 radical (unpaired) electrons. The molecule has 0 atom stereocenters. The second-order valence-corrected chi connectivity index (χ2v) is 2.87. The first-order valence-electron chi connectivity index (χ1n) is 4.16. The summed E-state index contributed by atoms with van der Waals surface area (Å²) in [7, 11) is 0. The summed E-state index contributed by atoms with van der Waals surface area (Å²) in [5, 5.41) is 0. The van der Waals surface area contributed by atoms with Crippen molar-refractivity contribution in [3.05, 3.63) is 23.6 Å². The molecule has 64 valence electrons. The van der Waals surface area contributed by atoms with E-state index in [0.29, 0.717) is 0 Å². The lowest BCUT2D eigenvalue weighted by Gasteiger charge is -1.95. The lowest BCUT2D eigenvalue weighted by Crippen LogP contribution is -1.75. The Bertz CT molecular complexity index is 150. The quantitative estimate of drug-likeness (QED) is 0.540. The van der Waals surface area contributed by atoms with Crippen molar-refractivity contribution in [1.29, 1.82) is 0 Å². The molecule has 0 nitrogen and oxygen atoms in total. The van der Waals surface area contributed by atoms with E-state index in [0.717, 1.165) is 6.42 Å². The number of rotatable bonds is 4. The van der Waals surface area contributed by atoms with Gasteiger partial charge in [-0.15, -0.1) is 0 Å². The number of unbranched alkanes of at least 4 members (excludes halogenated alkanes) is 1. The summed E-state index contributed by atoms with van der Waals surface area (Å²) < 4.78 is 12.2. The van der Waals surface area contributed by atoms with Crippen molar-refractivity contribution in [1.82, 2.24) is 0 Å². The fourth-order valence-electron chi connectivity index (χ4n) is 0.796.